The van der Waals surface area contributed by atoms with E-state index in [0.29, 0.717) is 12.1 Å². The van der Waals surface area contributed by atoms with Gasteiger partial charge < -0.3 is 11.1 Å². The zero-order valence-corrected chi connectivity index (χ0v) is 10.4. The number of nitrogens with two attached hydrogens (primary N) is 1. The highest BCUT2D eigenvalue weighted by molar-refractivity contribution is 5.96. The van der Waals surface area contributed by atoms with Crippen molar-refractivity contribution in [1.82, 2.24) is 5.32 Å². The average Bonchev–Trinajstić information content (AvgIpc) is 2.37. The van der Waals surface area contributed by atoms with Gasteiger partial charge in [0, 0.05) is 12.1 Å². The molecule has 1 aromatic carbocycles. The van der Waals surface area contributed by atoms with Crippen LogP contribution in [0.4, 0.5) is 4.39 Å². The van der Waals surface area contributed by atoms with Gasteiger partial charge in [-0.25, -0.2) is 4.39 Å². The van der Waals surface area contributed by atoms with E-state index in [1.165, 1.54) is 18.2 Å². The first-order valence-corrected chi connectivity index (χ1v) is 5.95. The third kappa shape index (κ3) is 4.19. The van der Waals surface area contributed by atoms with Crippen molar-refractivity contribution in [2.75, 3.05) is 13.1 Å². The molecule has 0 aliphatic carbocycles. The molecule has 4 heteroatoms. The van der Waals surface area contributed by atoms with Gasteiger partial charge in [0.2, 0.25) is 0 Å². The topological polar surface area (TPSA) is 55.1 Å². The standard InChI is InChI=1S/C14H17FN2O/c1-2-3-9-17-14(18)13-10-12(15)7-6-11(13)5-4-8-16/h6-7,10H,2-3,8-9,16H2,1H3,(H,17,18). The SMILES string of the molecule is CCCCNC(=O)c1cc(F)ccc1C#CCN. The van der Waals surface area contributed by atoms with Gasteiger partial charge in [-0.15, -0.1) is 0 Å². The molecule has 0 radical (unpaired) electrons. The highest BCUT2D eigenvalue weighted by atomic mass is 19.1. The van der Waals surface area contributed by atoms with E-state index in [1.54, 1.807) is 0 Å². The summed E-state index contributed by atoms with van der Waals surface area (Å²) in [6.45, 7) is 2.82. The summed E-state index contributed by atoms with van der Waals surface area (Å²) in [4.78, 5) is 11.9. The first-order valence-electron chi connectivity index (χ1n) is 5.95. The Morgan fingerprint density at radius 1 is 1.50 bits per heavy atom. The molecule has 3 nitrogen and oxygen atoms in total. The second-order valence-electron chi connectivity index (χ2n) is 3.81. The fraction of sp³-hybridized carbons (Fsp3) is 0.357. The van der Waals surface area contributed by atoms with Crippen molar-refractivity contribution in [1.29, 1.82) is 0 Å². The maximum absolute atomic E-state index is 13.2. The van der Waals surface area contributed by atoms with E-state index in [0.717, 1.165) is 12.8 Å². The highest BCUT2D eigenvalue weighted by Gasteiger charge is 2.10. The number of amides is 1. The summed E-state index contributed by atoms with van der Waals surface area (Å²) in [5, 5.41) is 2.74. The van der Waals surface area contributed by atoms with Gasteiger partial charge in [0.05, 0.1) is 12.1 Å². The number of rotatable bonds is 4. The van der Waals surface area contributed by atoms with Crippen LogP contribution in [0.1, 0.15) is 35.7 Å². The molecule has 0 aliphatic rings. The summed E-state index contributed by atoms with van der Waals surface area (Å²) in [5.41, 5.74) is 6.04. The second kappa shape index (κ2) is 7.46. The predicted octanol–water partition coefficient (Wildman–Crippen LogP) is 1.67. The quantitative estimate of drug-likeness (QED) is 0.629. The van der Waals surface area contributed by atoms with Gasteiger partial charge >= 0.3 is 0 Å². The third-order valence-corrected chi connectivity index (χ3v) is 2.37. The number of hydrogen-bond donors (Lipinski definition) is 2. The van der Waals surface area contributed by atoms with Crippen molar-refractivity contribution in [3.05, 3.63) is 35.1 Å². The van der Waals surface area contributed by atoms with Crippen LogP contribution in [0.25, 0.3) is 0 Å². The Morgan fingerprint density at radius 3 is 2.94 bits per heavy atom. The lowest BCUT2D eigenvalue weighted by Crippen LogP contribution is -2.25. The molecule has 18 heavy (non-hydrogen) atoms. The van der Waals surface area contributed by atoms with Crippen LogP contribution in [0.2, 0.25) is 0 Å². The zero-order valence-electron chi connectivity index (χ0n) is 10.4. The minimum atomic E-state index is -0.450. The van der Waals surface area contributed by atoms with Crippen molar-refractivity contribution in [2.45, 2.75) is 19.8 Å². The maximum Gasteiger partial charge on any atom is 0.252 e. The second-order valence-corrected chi connectivity index (χ2v) is 3.81. The number of nitrogens with one attached hydrogen (secondary N) is 1. The van der Waals surface area contributed by atoms with Crippen LogP contribution in [-0.2, 0) is 0 Å². The average molecular weight is 248 g/mol. The highest BCUT2D eigenvalue weighted by Crippen LogP contribution is 2.10. The van der Waals surface area contributed by atoms with E-state index >= 15 is 0 Å². The van der Waals surface area contributed by atoms with Crippen molar-refractivity contribution in [3.8, 4) is 11.8 Å². The smallest absolute Gasteiger partial charge is 0.252 e. The molecule has 0 saturated heterocycles. The van der Waals surface area contributed by atoms with Crippen LogP contribution in [0.3, 0.4) is 0 Å². The number of halogens is 1. The van der Waals surface area contributed by atoms with E-state index in [1.807, 2.05) is 6.92 Å². The van der Waals surface area contributed by atoms with Crippen LogP contribution in [0.5, 0.6) is 0 Å². The first-order chi connectivity index (χ1) is 8.69. The van der Waals surface area contributed by atoms with Gasteiger partial charge in [0.25, 0.3) is 5.91 Å². The summed E-state index contributed by atoms with van der Waals surface area (Å²) >= 11 is 0. The molecule has 0 spiro atoms. The Kier molecular flexibility index (Phi) is 5.89. The van der Waals surface area contributed by atoms with Crippen LogP contribution in [0, 0.1) is 17.7 Å². The zero-order chi connectivity index (χ0) is 13.4. The predicted molar refractivity (Wildman–Crippen MR) is 69.6 cm³/mol. The van der Waals surface area contributed by atoms with E-state index in [-0.39, 0.29) is 18.0 Å². The lowest BCUT2D eigenvalue weighted by atomic mass is 10.1. The van der Waals surface area contributed by atoms with E-state index in [4.69, 9.17) is 5.73 Å². The Labute approximate surface area is 107 Å². The fourth-order valence-electron chi connectivity index (χ4n) is 1.43. The molecule has 0 fully saturated rings. The van der Waals surface area contributed by atoms with Crippen LogP contribution < -0.4 is 11.1 Å². The third-order valence-electron chi connectivity index (χ3n) is 2.37. The lowest BCUT2D eigenvalue weighted by molar-refractivity contribution is 0.0952. The van der Waals surface area contributed by atoms with Gasteiger partial charge in [0.15, 0.2) is 0 Å². The van der Waals surface area contributed by atoms with Gasteiger partial charge in [-0.3, -0.25) is 4.79 Å². The van der Waals surface area contributed by atoms with Crippen molar-refractivity contribution >= 4 is 5.91 Å². The van der Waals surface area contributed by atoms with Gasteiger partial charge in [-0.2, -0.15) is 0 Å². The lowest BCUT2D eigenvalue weighted by Gasteiger charge is -2.06. The minimum absolute atomic E-state index is 0.203. The summed E-state index contributed by atoms with van der Waals surface area (Å²) in [6.07, 6.45) is 1.88. The normalized spacial score (nSPS) is 9.50. The fourth-order valence-corrected chi connectivity index (χ4v) is 1.43. The Balaban J connectivity index is 2.90. The Bertz CT molecular complexity index is 474. The number of benzene rings is 1. The summed E-state index contributed by atoms with van der Waals surface area (Å²) in [5.74, 6) is 4.68. The molecule has 0 aliphatic heterocycles. The summed E-state index contributed by atoms with van der Waals surface area (Å²) in [7, 11) is 0. The molecule has 3 N–H and O–H groups in total. The number of carbonyl (C=O) groups excluding carboxylic acids is 1. The molecule has 0 unspecified atom stereocenters. The largest absolute Gasteiger partial charge is 0.352 e. The molecule has 1 aromatic rings. The van der Waals surface area contributed by atoms with Crippen LogP contribution >= 0.6 is 0 Å². The van der Waals surface area contributed by atoms with Crippen molar-refractivity contribution < 1.29 is 9.18 Å². The molecule has 0 saturated carbocycles. The first kappa shape index (κ1) is 14.2. The minimum Gasteiger partial charge on any atom is -0.352 e. The van der Waals surface area contributed by atoms with Crippen LogP contribution in [0.15, 0.2) is 18.2 Å². The molecule has 0 bridgehead atoms. The summed E-state index contributed by atoms with van der Waals surface area (Å²) in [6, 6.07) is 3.97. The number of unbranched alkanes of at least 4 members (excludes halogenated alkanes) is 1. The van der Waals surface area contributed by atoms with Gasteiger partial charge in [-0.1, -0.05) is 25.2 Å². The van der Waals surface area contributed by atoms with Crippen LogP contribution in [-0.4, -0.2) is 19.0 Å². The van der Waals surface area contributed by atoms with E-state index in [2.05, 4.69) is 17.2 Å². The number of carbonyl (C=O) groups is 1. The Hall–Kier alpha value is -1.86. The van der Waals surface area contributed by atoms with Crippen molar-refractivity contribution in [2.24, 2.45) is 5.73 Å². The van der Waals surface area contributed by atoms with E-state index < -0.39 is 5.82 Å². The Morgan fingerprint density at radius 2 is 2.28 bits per heavy atom. The molecule has 96 valence electrons. The molecule has 0 aromatic heterocycles. The van der Waals surface area contributed by atoms with Gasteiger partial charge in [-0.05, 0) is 24.6 Å². The molecule has 0 atom stereocenters. The molecular weight excluding hydrogens is 231 g/mol. The number of hydrogen-bond acceptors (Lipinski definition) is 2. The van der Waals surface area contributed by atoms with Crippen molar-refractivity contribution in [3.63, 3.8) is 0 Å². The monoisotopic (exact) mass is 248 g/mol. The molecule has 1 amide bonds. The van der Waals surface area contributed by atoms with Gasteiger partial charge in [0.1, 0.15) is 5.82 Å². The molecule has 1 rings (SSSR count). The molecular formula is C14H17FN2O. The van der Waals surface area contributed by atoms with E-state index in [9.17, 15) is 9.18 Å². The maximum atomic E-state index is 13.2. The molecule has 0 heterocycles. The summed E-state index contributed by atoms with van der Waals surface area (Å²) < 4.78 is 13.2.